The molecule has 33 heavy (non-hydrogen) atoms. The number of aromatic nitrogens is 6. The average Bonchev–Trinajstić information content (AvgIpc) is 3.39. The second-order valence-corrected chi connectivity index (χ2v) is 7.89. The van der Waals surface area contributed by atoms with E-state index in [9.17, 15) is 9.59 Å². The van der Waals surface area contributed by atoms with Gasteiger partial charge in [-0.2, -0.15) is 0 Å². The smallest absolute Gasteiger partial charge is 0.257 e. The number of pyridine rings is 2. The highest BCUT2D eigenvalue weighted by atomic mass is 16.5. The van der Waals surface area contributed by atoms with Gasteiger partial charge in [0.2, 0.25) is 0 Å². The monoisotopic (exact) mass is 441 g/mol. The van der Waals surface area contributed by atoms with Crippen LogP contribution in [0.25, 0.3) is 22.1 Å². The highest BCUT2D eigenvalue weighted by Crippen LogP contribution is 2.25. The molecule has 0 bridgehead atoms. The van der Waals surface area contributed by atoms with Crippen LogP contribution in [0.5, 0.6) is 0 Å². The minimum Gasteiger partial charge on any atom is -0.336 e. The van der Waals surface area contributed by atoms with E-state index in [0.29, 0.717) is 50.2 Å². The van der Waals surface area contributed by atoms with Gasteiger partial charge in [-0.15, -0.1) is 0 Å². The molecule has 10 heteroatoms. The van der Waals surface area contributed by atoms with E-state index in [0.717, 1.165) is 0 Å². The molecule has 0 saturated heterocycles. The molecule has 1 N–H and O–H groups in total. The van der Waals surface area contributed by atoms with Crippen LogP contribution < -0.4 is 5.32 Å². The molecule has 0 aliphatic rings. The summed E-state index contributed by atoms with van der Waals surface area (Å²) in [4.78, 5) is 42.7. The van der Waals surface area contributed by atoms with Crippen molar-refractivity contribution < 1.29 is 14.1 Å². The Morgan fingerprint density at radius 3 is 2.67 bits per heavy atom. The lowest BCUT2D eigenvalue weighted by atomic mass is 10.1. The van der Waals surface area contributed by atoms with Gasteiger partial charge in [-0.05, 0) is 32.9 Å². The number of ketones is 1. The van der Waals surface area contributed by atoms with E-state index in [1.165, 1.54) is 24.9 Å². The Bertz CT molecular complexity index is 1530. The lowest BCUT2D eigenvalue weighted by molar-refractivity contribution is 0.102. The van der Waals surface area contributed by atoms with Crippen molar-refractivity contribution in [1.29, 1.82) is 0 Å². The number of carbonyl (C=O) groups is 2. The summed E-state index contributed by atoms with van der Waals surface area (Å²) in [6.45, 7) is 5.80. The molecule has 0 aliphatic carbocycles. The van der Waals surface area contributed by atoms with E-state index in [4.69, 9.17) is 4.52 Å². The summed E-state index contributed by atoms with van der Waals surface area (Å²) in [5.74, 6) is -0.623. The molecule has 5 aromatic heterocycles. The topological polar surface area (TPSA) is 129 Å². The molecule has 0 aromatic carbocycles. The van der Waals surface area contributed by atoms with E-state index in [-0.39, 0.29) is 17.7 Å². The summed E-state index contributed by atoms with van der Waals surface area (Å²) in [5.41, 5.74) is 3.23. The first kappa shape index (κ1) is 20.4. The van der Waals surface area contributed by atoms with Gasteiger partial charge in [0.1, 0.15) is 12.0 Å². The number of nitrogens with one attached hydrogen (secondary N) is 1. The summed E-state index contributed by atoms with van der Waals surface area (Å²) < 4.78 is 7.01. The summed E-state index contributed by atoms with van der Waals surface area (Å²) in [7, 11) is 0. The molecular formula is C23H19N7O3. The standard InChI is InChI=1S/C23H19N7O3/c1-12(2)30-10-19(18-9-25-11-27-21(18)30)20(31)14-4-16(8-24-6-14)28-22(32)15-5-17-13(3)29-33-23(17)26-7-15/h4-12H,1-3H3,(H,28,32). The minimum absolute atomic E-state index is 0.118. The molecule has 0 fully saturated rings. The number of nitrogens with zero attached hydrogens (tertiary/aromatic N) is 6. The van der Waals surface area contributed by atoms with Crippen LogP contribution in [-0.2, 0) is 0 Å². The van der Waals surface area contributed by atoms with Crippen molar-refractivity contribution in [2.24, 2.45) is 0 Å². The van der Waals surface area contributed by atoms with Crippen molar-refractivity contribution in [3.8, 4) is 0 Å². The molecule has 0 spiro atoms. The van der Waals surface area contributed by atoms with Crippen LogP contribution in [0.3, 0.4) is 0 Å². The quantitative estimate of drug-likeness (QED) is 0.409. The SMILES string of the molecule is Cc1noc2ncc(C(=O)Nc3cncc(C(=O)c4cn(C(C)C)c5ncncc45)c3)cc12. The Morgan fingerprint density at radius 2 is 1.85 bits per heavy atom. The summed E-state index contributed by atoms with van der Waals surface area (Å²) in [6.07, 6.45) is 9.22. The van der Waals surface area contributed by atoms with Gasteiger partial charge < -0.3 is 14.4 Å². The zero-order valence-electron chi connectivity index (χ0n) is 18.1. The van der Waals surface area contributed by atoms with Crippen molar-refractivity contribution in [2.45, 2.75) is 26.8 Å². The van der Waals surface area contributed by atoms with Crippen LogP contribution in [0.1, 0.15) is 51.9 Å². The van der Waals surface area contributed by atoms with Crippen molar-refractivity contribution in [1.82, 2.24) is 29.7 Å². The molecule has 5 rings (SSSR count). The molecule has 0 unspecified atom stereocenters. The summed E-state index contributed by atoms with van der Waals surface area (Å²) in [5, 5.41) is 7.94. The number of anilines is 1. The van der Waals surface area contributed by atoms with Gasteiger partial charge in [-0.25, -0.2) is 15.0 Å². The minimum atomic E-state index is -0.388. The molecule has 0 aliphatic heterocycles. The third-order valence-electron chi connectivity index (χ3n) is 5.33. The van der Waals surface area contributed by atoms with E-state index >= 15 is 0 Å². The maximum absolute atomic E-state index is 13.3. The summed E-state index contributed by atoms with van der Waals surface area (Å²) >= 11 is 0. The maximum Gasteiger partial charge on any atom is 0.257 e. The molecular weight excluding hydrogens is 422 g/mol. The molecule has 1 amide bonds. The van der Waals surface area contributed by atoms with Crippen LogP contribution >= 0.6 is 0 Å². The first-order valence-corrected chi connectivity index (χ1v) is 10.3. The van der Waals surface area contributed by atoms with Gasteiger partial charge in [-0.3, -0.25) is 14.6 Å². The number of carbonyl (C=O) groups excluding carboxylic acids is 2. The Morgan fingerprint density at radius 1 is 1.00 bits per heavy atom. The van der Waals surface area contributed by atoms with Crippen molar-refractivity contribution >= 4 is 39.5 Å². The second kappa shape index (κ2) is 7.90. The van der Waals surface area contributed by atoms with E-state index < -0.39 is 0 Å². The number of aryl methyl sites for hydroxylation is 1. The fraction of sp³-hybridized carbons (Fsp3) is 0.174. The van der Waals surface area contributed by atoms with Crippen molar-refractivity contribution in [2.75, 3.05) is 5.32 Å². The molecule has 0 saturated carbocycles. The first-order valence-electron chi connectivity index (χ1n) is 10.3. The van der Waals surface area contributed by atoms with Crippen LogP contribution in [0.15, 0.2) is 54.0 Å². The molecule has 0 radical (unpaired) electrons. The Balaban J connectivity index is 1.44. The fourth-order valence-corrected chi connectivity index (χ4v) is 3.62. The fourth-order valence-electron chi connectivity index (χ4n) is 3.62. The largest absolute Gasteiger partial charge is 0.336 e. The number of hydrogen-bond donors (Lipinski definition) is 1. The zero-order valence-corrected chi connectivity index (χ0v) is 18.1. The van der Waals surface area contributed by atoms with E-state index in [1.54, 1.807) is 31.5 Å². The third kappa shape index (κ3) is 3.61. The van der Waals surface area contributed by atoms with Gasteiger partial charge >= 0.3 is 0 Å². The Labute approximate surface area is 187 Å². The number of fused-ring (bicyclic) bond motifs is 2. The highest BCUT2D eigenvalue weighted by molar-refractivity contribution is 6.16. The molecule has 5 heterocycles. The lowest BCUT2D eigenvalue weighted by Gasteiger charge is -2.07. The molecule has 10 nitrogen and oxygen atoms in total. The lowest BCUT2D eigenvalue weighted by Crippen LogP contribution is -2.13. The summed E-state index contributed by atoms with van der Waals surface area (Å²) in [6, 6.07) is 3.37. The average molecular weight is 441 g/mol. The maximum atomic E-state index is 13.3. The van der Waals surface area contributed by atoms with Crippen LogP contribution in [-0.4, -0.2) is 41.4 Å². The predicted molar refractivity (Wildman–Crippen MR) is 120 cm³/mol. The molecule has 5 aromatic rings. The van der Waals surface area contributed by atoms with E-state index in [2.05, 4.69) is 30.4 Å². The van der Waals surface area contributed by atoms with E-state index in [1.807, 2.05) is 18.4 Å². The van der Waals surface area contributed by atoms with Gasteiger partial charge in [0.25, 0.3) is 11.6 Å². The van der Waals surface area contributed by atoms with Crippen molar-refractivity contribution in [3.05, 3.63) is 71.8 Å². The van der Waals surface area contributed by atoms with Gasteiger partial charge in [0.05, 0.1) is 34.1 Å². The third-order valence-corrected chi connectivity index (χ3v) is 5.33. The van der Waals surface area contributed by atoms with Crippen LogP contribution in [0.4, 0.5) is 5.69 Å². The van der Waals surface area contributed by atoms with Gasteiger partial charge in [0.15, 0.2) is 5.78 Å². The first-order chi connectivity index (χ1) is 15.9. The highest BCUT2D eigenvalue weighted by Gasteiger charge is 2.20. The normalized spacial score (nSPS) is 11.4. The zero-order chi connectivity index (χ0) is 23.1. The Hall–Kier alpha value is -4.47. The van der Waals surface area contributed by atoms with Gasteiger partial charge in [-0.1, -0.05) is 5.16 Å². The second-order valence-electron chi connectivity index (χ2n) is 7.89. The molecule has 0 atom stereocenters. The van der Waals surface area contributed by atoms with Crippen LogP contribution in [0.2, 0.25) is 0 Å². The molecule has 164 valence electrons. The number of amides is 1. The predicted octanol–water partition coefficient (Wildman–Crippen LogP) is 3.74. The number of hydrogen-bond acceptors (Lipinski definition) is 8. The number of rotatable bonds is 5. The Kier molecular flexibility index (Phi) is 4.89. The van der Waals surface area contributed by atoms with Crippen LogP contribution in [0, 0.1) is 6.92 Å². The van der Waals surface area contributed by atoms with Gasteiger partial charge in [0, 0.05) is 41.8 Å². The van der Waals surface area contributed by atoms with Crippen molar-refractivity contribution in [3.63, 3.8) is 0 Å².